The Morgan fingerprint density at radius 3 is 2.79 bits per heavy atom. The molecule has 29 heavy (non-hydrogen) atoms. The van der Waals surface area contributed by atoms with Crippen LogP contribution in [0.4, 0.5) is 0 Å². The first-order valence-electron chi connectivity index (χ1n) is 10.00. The summed E-state index contributed by atoms with van der Waals surface area (Å²) < 4.78 is 17.5. The van der Waals surface area contributed by atoms with E-state index in [1.807, 2.05) is 40.9 Å². The third-order valence-corrected chi connectivity index (χ3v) is 5.06. The van der Waals surface area contributed by atoms with Crippen LogP contribution in [0.1, 0.15) is 37.8 Å². The zero-order valence-corrected chi connectivity index (χ0v) is 17.9. The second-order valence-corrected chi connectivity index (χ2v) is 8.46. The molecule has 1 aromatic heterocycles. The number of carbonyl (C=O) groups is 1. The van der Waals surface area contributed by atoms with Crippen molar-refractivity contribution in [2.75, 3.05) is 33.8 Å². The first-order chi connectivity index (χ1) is 13.7. The van der Waals surface area contributed by atoms with Crippen LogP contribution in [-0.4, -0.2) is 50.2 Å². The second-order valence-electron chi connectivity index (χ2n) is 8.46. The summed E-state index contributed by atoms with van der Waals surface area (Å²) in [5, 5.41) is 3.58. The van der Waals surface area contributed by atoms with Crippen molar-refractivity contribution >= 4 is 16.9 Å². The molecule has 0 spiro atoms. The highest BCUT2D eigenvalue weighted by Gasteiger charge is 2.30. The van der Waals surface area contributed by atoms with E-state index in [0.29, 0.717) is 29.0 Å². The molecule has 0 saturated heterocycles. The molecule has 0 bridgehead atoms. The molecule has 1 aromatic carbocycles. The Morgan fingerprint density at radius 1 is 1.31 bits per heavy atom. The number of carbonyl (C=O) groups excluding carboxylic acids is 1. The number of ether oxygens (including phenoxy) is 2. The van der Waals surface area contributed by atoms with Gasteiger partial charge in [0.05, 0.1) is 5.39 Å². The molecule has 7 heteroatoms. The minimum Gasteiger partial charge on any atom is -0.487 e. The number of benzene rings is 1. The van der Waals surface area contributed by atoms with Crippen molar-refractivity contribution < 1.29 is 18.7 Å². The fraction of sp³-hybridized carbons (Fsp3) is 0.545. The van der Waals surface area contributed by atoms with Crippen molar-refractivity contribution in [1.82, 2.24) is 10.2 Å². The van der Waals surface area contributed by atoms with E-state index in [0.717, 1.165) is 36.9 Å². The summed E-state index contributed by atoms with van der Waals surface area (Å²) in [6.45, 7) is 7.27. The Hall–Kier alpha value is -2.54. The third kappa shape index (κ3) is 5.09. The lowest BCUT2D eigenvalue weighted by molar-refractivity contribution is -0.123. The van der Waals surface area contributed by atoms with E-state index in [1.165, 1.54) is 6.07 Å². The zero-order chi connectivity index (χ0) is 21.2. The van der Waals surface area contributed by atoms with E-state index in [2.05, 4.69) is 10.2 Å². The summed E-state index contributed by atoms with van der Waals surface area (Å²) in [5.41, 5.74) is 1.40. The number of aryl methyl sites for hydroxylation is 2. The molecular formula is C22H30N2O5. The van der Waals surface area contributed by atoms with Crippen molar-refractivity contribution in [2.45, 2.75) is 45.6 Å². The fourth-order valence-corrected chi connectivity index (χ4v) is 3.55. The predicted molar refractivity (Wildman–Crippen MR) is 112 cm³/mol. The average molecular weight is 402 g/mol. The van der Waals surface area contributed by atoms with E-state index in [9.17, 15) is 9.59 Å². The summed E-state index contributed by atoms with van der Waals surface area (Å²) in [5.74, 6) is 0.941. The normalized spacial score (nSPS) is 15.1. The molecule has 0 radical (unpaired) electrons. The van der Waals surface area contributed by atoms with Crippen LogP contribution in [-0.2, 0) is 11.2 Å². The molecule has 0 fully saturated rings. The number of rotatable bonds is 7. The zero-order valence-electron chi connectivity index (χ0n) is 17.9. The molecule has 1 amide bonds. The Morgan fingerprint density at radius 2 is 2.07 bits per heavy atom. The van der Waals surface area contributed by atoms with Crippen LogP contribution < -0.4 is 20.4 Å². The van der Waals surface area contributed by atoms with Crippen LogP contribution >= 0.6 is 0 Å². The molecule has 0 saturated carbocycles. The summed E-state index contributed by atoms with van der Waals surface area (Å²) in [6.07, 6.45) is 2.44. The van der Waals surface area contributed by atoms with E-state index in [4.69, 9.17) is 13.9 Å². The van der Waals surface area contributed by atoms with Gasteiger partial charge in [0.15, 0.2) is 6.61 Å². The minimum atomic E-state index is -0.405. The number of hydrogen-bond acceptors (Lipinski definition) is 6. The van der Waals surface area contributed by atoms with Crippen molar-refractivity contribution in [3.05, 3.63) is 33.7 Å². The van der Waals surface area contributed by atoms with Crippen LogP contribution in [0.3, 0.4) is 0 Å². The third-order valence-electron chi connectivity index (χ3n) is 5.06. The van der Waals surface area contributed by atoms with Crippen LogP contribution in [0.15, 0.2) is 21.3 Å². The van der Waals surface area contributed by atoms with E-state index >= 15 is 0 Å². The summed E-state index contributed by atoms with van der Waals surface area (Å²) in [4.78, 5) is 26.2. The van der Waals surface area contributed by atoms with E-state index in [-0.39, 0.29) is 18.1 Å². The highest BCUT2D eigenvalue weighted by molar-refractivity contribution is 5.91. The van der Waals surface area contributed by atoms with Gasteiger partial charge < -0.3 is 24.1 Å². The molecular weight excluding hydrogens is 372 g/mol. The van der Waals surface area contributed by atoms with Crippen molar-refractivity contribution in [3.8, 4) is 11.5 Å². The van der Waals surface area contributed by atoms with Gasteiger partial charge in [0.1, 0.15) is 22.7 Å². The first kappa shape index (κ1) is 21.2. The maximum absolute atomic E-state index is 12.2. The molecule has 1 aliphatic rings. The number of nitrogens with zero attached hydrogens (tertiary/aromatic N) is 1. The molecule has 7 nitrogen and oxygen atoms in total. The summed E-state index contributed by atoms with van der Waals surface area (Å²) in [7, 11) is 3.99. The number of amides is 1. The van der Waals surface area contributed by atoms with Gasteiger partial charge in [-0.25, -0.2) is 4.79 Å². The Kier molecular flexibility index (Phi) is 6.17. The van der Waals surface area contributed by atoms with E-state index < -0.39 is 5.63 Å². The summed E-state index contributed by atoms with van der Waals surface area (Å²) in [6, 6.07) is 3.25. The van der Waals surface area contributed by atoms with Crippen LogP contribution in [0.5, 0.6) is 11.5 Å². The molecule has 1 aliphatic heterocycles. The Bertz CT molecular complexity index is 962. The van der Waals surface area contributed by atoms with Crippen LogP contribution in [0.2, 0.25) is 0 Å². The van der Waals surface area contributed by atoms with Crippen molar-refractivity contribution in [1.29, 1.82) is 0 Å². The average Bonchev–Trinajstić information content (AvgIpc) is 2.61. The van der Waals surface area contributed by atoms with Gasteiger partial charge >= 0.3 is 5.63 Å². The van der Waals surface area contributed by atoms with Gasteiger partial charge in [-0.15, -0.1) is 0 Å². The molecule has 0 unspecified atom stereocenters. The van der Waals surface area contributed by atoms with E-state index in [1.54, 1.807) is 0 Å². The first-order valence-corrected chi connectivity index (χ1v) is 10.00. The Balaban J connectivity index is 1.84. The van der Waals surface area contributed by atoms with Gasteiger partial charge in [-0.1, -0.05) is 0 Å². The molecule has 0 atom stereocenters. The highest BCUT2D eigenvalue weighted by atomic mass is 16.5. The largest absolute Gasteiger partial charge is 0.487 e. The van der Waals surface area contributed by atoms with Crippen LogP contribution in [0, 0.1) is 6.92 Å². The molecule has 1 N–H and O–H groups in total. The smallest absolute Gasteiger partial charge is 0.336 e. The quantitative estimate of drug-likeness (QED) is 0.566. The SMILES string of the molecule is Cc1cc(=O)oc2c3c(cc(OCC(=O)NCCCN(C)C)c12)OC(C)(C)CC3. The molecule has 3 rings (SSSR count). The van der Waals surface area contributed by atoms with Gasteiger partial charge in [-0.2, -0.15) is 0 Å². The molecule has 158 valence electrons. The maximum Gasteiger partial charge on any atom is 0.336 e. The van der Waals surface area contributed by atoms with Crippen molar-refractivity contribution in [2.24, 2.45) is 0 Å². The topological polar surface area (TPSA) is 81.0 Å². The molecule has 2 heterocycles. The number of fused-ring (bicyclic) bond motifs is 3. The van der Waals surface area contributed by atoms with Gasteiger partial charge in [-0.3, -0.25) is 4.79 Å². The van der Waals surface area contributed by atoms with Gasteiger partial charge in [0, 0.05) is 24.2 Å². The van der Waals surface area contributed by atoms with Gasteiger partial charge in [-0.05, 0) is 66.2 Å². The lowest BCUT2D eigenvalue weighted by Crippen LogP contribution is -2.33. The second kappa shape index (κ2) is 8.45. The Labute approximate surface area is 171 Å². The van der Waals surface area contributed by atoms with Crippen LogP contribution in [0.25, 0.3) is 11.0 Å². The van der Waals surface area contributed by atoms with Gasteiger partial charge in [0.2, 0.25) is 0 Å². The monoisotopic (exact) mass is 402 g/mol. The minimum absolute atomic E-state index is 0.113. The number of hydrogen-bond donors (Lipinski definition) is 1. The summed E-state index contributed by atoms with van der Waals surface area (Å²) >= 11 is 0. The predicted octanol–water partition coefficient (Wildman–Crippen LogP) is 2.65. The fourth-order valence-electron chi connectivity index (χ4n) is 3.55. The molecule has 0 aliphatic carbocycles. The standard InChI is InChI=1S/C22H30N2O5/c1-14-11-19(26)28-21-15-7-8-22(2,3)29-16(15)12-17(20(14)21)27-13-18(25)23-9-6-10-24(4)5/h11-12H,6-10,13H2,1-5H3,(H,23,25). The lowest BCUT2D eigenvalue weighted by atomic mass is 9.92. The maximum atomic E-state index is 12.2. The van der Waals surface area contributed by atoms with Gasteiger partial charge in [0.25, 0.3) is 5.91 Å². The highest BCUT2D eigenvalue weighted by Crippen LogP contribution is 2.42. The lowest BCUT2D eigenvalue weighted by Gasteiger charge is -2.33. The van der Waals surface area contributed by atoms with Crippen molar-refractivity contribution in [3.63, 3.8) is 0 Å². The number of nitrogens with one attached hydrogen (secondary N) is 1. The molecule has 2 aromatic rings.